The minimum absolute atomic E-state index is 0.000823. The molecule has 0 aromatic carbocycles. The van der Waals surface area contributed by atoms with E-state index in [0.29, 0.717) is 12.5 Å². The summed E-state index contributed by atoms with van der Waals surface area (Å²) < 4.78 is 29.7. The van der Waals surface area contributed by atoms with Crippen LogP contribution in [-0.2, 0) is 10.2 Å². The number of rotatable bonds is 9. The molecule has 126 valence electrons. The molecular formula is C15H33N3O2S. The standard InChI is InChI=1S/C15H33N3O2S/c1-5-16-12-15-8-6-7-11-18(15)21(19,20)17-14(4)10-9-13(2)3/h13-17H,5-12H2,1-4H3. The van der Waals surface area contributed by atoms with E-state index in [1.807, 2.05) is 13.8 Å². The molecule has 1 saturated heterocycles. The first-order valence-electron chi connectivity index (χ1n) is 8.36. The first-order chi connectivity index (χ1) is 9.86. The fourth-order valence-electron chi connectivity index (χ4n) is 2.77. The van der Waals surface area contributed by atoms with E-state index in [9.17, 15) is 8.42 Å². The molecule has 0 bridgehead atoms. The van der Waals surface area contributed by atoms with Gasteiger partial charge in [0.05, 0.1) is 0 Å². The van der Waals surface area contributed by atoms with Gasteiger partial charge in [0, 0.05) is 25.2 Å². The summed E-state index contributed by atoms with van der Waals surface area (Å²) >= 11 is 0. The molecule has 1 rings (SSSR count). The van der Waals surface area contributed by atoms with E-state index in [2.05, 4.69) is 23.9 Å². The number of piperidine rings is 1. The third-order valence-corrected chi connectivity index (χ3v) is 5.84. The highest BCUT2D eigenvalue weighted by Gasteiger charge is 2.32. The van der Waals surface area contributed by atoms with Crippen LogP contribution in [0.1, 0.15) is 59.8 Å². The van der Waals surface area contributed by atoms with Crippen molar-refractivity contribution in [3.05, 3.63) is 0 Å². The Hall–Kier alpha value is -0.170. The number of hydrogen-bond acceptors (Lipinski definition) is 3. The largest absolute Gasteiger partial charge is 0.315 e. The third kappa shape index (κ3) is 6.63. The first-order valence-corrected chi connectivity index (χ1v) is 9.80. The Morgan fingerprint density at radius 3 is 2.52 bits per heavy atom. The summed E-state index contributed by atoms with van der Waals surface area (Å²) in [5, 5.41) is 3.28. The lowest BCUT2D eigenvalue weighted by Crippen LogP contribution is -2.53. The van der Waals surface area contributed by atoms with Gasteiger partial charge in [-0.1, -0.05) is 27.2 Å². The van der Waals surface area contributed by atoms with Crippen LogP contribution in [0.15, 0.2) is 0 Å². The Balaban J connectivity index is 2.60. The van der Waals surface area contributed by atoms with E-state index in [1.54, 1.807) is 4.31 Å². The second-order valence-corrected chi connectivity index (χ2v) is 8.22. The van der Waals surface area contributed by atoms with Crippen molar-refractivity contribution < 1.29 is 8.42 Å². The van der Waals surface area contributed by atoms with Crippen LogP contribution in [0, 0.1) is 5.92 Å². The zero-order chi connectivity index (χ0) is 15.9. The molecular weight excluding hydrogens is 286 g/mol. The average Bonchev–Trinajstić information content (AvgIpc) is 2.42. The van der Waals surface area contributed by atoms with Crippen LogP contribution in [0.3, 0.4) is 0 Å². The van der Waals surface area contributed by atoms with Gasteiger partial charge < -0.3 is 5.32 Å². The zero-order valence-corrected chi connectivity index (χ0v) is 14.9. The molecule has 2 unspecified atom stereocenters. The minimum atomic E-state index is -3.37. The molecule has 6 heteroatoms. The van der Waals surface area contributed by atoms with Gasteiger partial charge in [-0.3, -0.25) is 0 Å². The summed E-state index contributed by atoms with van der Waals surface area (Å²) in [7, 11) is -3.37. The Bertz CT molecular complexity index is 384. The molecule has 2 atom stereocenters. The highest BCUT2D eigenvalue weighted by atomic mass is 32.2. The van der Waals surface area contributed by atoms with Crippen molar-refractivity contribution in [2.45, 2.75) is 71.9 Å². The smallest absolute Gasteiger partial charge is 0.279 e. The quantitative estimate of drug-likeness (QED) is 0.684. The maximum Gasteiger partial charge on any atom is 0.279 e. The summed E-state index contributed by atoms with van der Waals surface area (Å²) in [5.74, 6) is 0.605. The number of nitrogens with one attached hydrogen (secondary N) is 2. The van der Waals surface area contributed by atoms with E-state index >= 15 is 0 Å². The maximum absolute atomic E-state index is 12.6. The van der Waals surface area contributed by atoms with Crippen molar-refractivity contribution in [1.82, 2.24) is 14.3 Å². The molecule has 2 N–H and O–H groups in total. The molecule has 1 heterocycles. The van der Waals surface area contributed by atoms with Gasteiger partial charge in [0.15, 0.2) is 0 Å². The van der Waals surface area contributed by atoms with Gasteiger partial charge in [0.2, 0.25) is 0 Å². The van der Waals surface area contributed by atoms with Gasteiger partial charge in [-0.25, -0.2) is 0 Å². The maximum atomic E-state index is 12.6. The Labute approximate surface area is 131 Å². The summed E-state index contributed by atoms with van der Waals surface area (Å²) in [6.45, 7) is 10.6. The van der Waals surface area contributed by atoms with Gasteiger partial charge in [-0.2, -0.15) is 17.4 Å². The lowest BCUT2D eigenvalue weighted by Gasteiger charge is -2.35. The zero-order valence-electron chi connectivity index (χ0n) is 14.1. The predicted octanol–water partition coefficient (Wildman–Crippen LogP) is 2.11. The Morgan fingerprint density at radius 1 is 1.19 bits per heavy atom. The Kier molecular flexibility index (Phi) is 8.16. The number of likely N-dealkylation sites (N-methyl/N-ethyl adjacent to an activating group) is 1. The van der Waals surface area contributed by atoms with E-state index in [1.165, 1.54) is 0 Å². The van der Waals surface area contributed by atoms with Crippen LogP contribution in [0.4, 0.5) is 0 Å². The molecule has 0 aliphatic carbocycles. The van der Waals surface area contributed by atoms with Gasteiger partial charge in [-0.15, -0.1) is 0 Å². The second kappa shape index (κ2) is 9.08. The van der Waals surface area contributed by atoms with E-state index in [4.69, 9.17) is 0 Å². The molecule has 1 aliphatic rings. The van der Waals surface area contributed by atoms with Crippen LogP contribution < -0.4 is 10.0 Å². The van der Waals surface area contributed by atoms with Crippen molar-refractivity contribution in [3.63, 3.8) is 0 Å². The normalized spacial score (nSPS) is 22.6. The lowest BCUT2D eigenvalue weighted by atomic mass is 10.1. The molecule has 0 aromatic rings. The molecule has 0 aromatic heterocycles. The van der Waals surface area contributed by atoms with Crippen LogP contribution in [0.5, 0.6) is 0 Å². The molecule has 0 amide bonds. The summed E-state index contributed by atoms with van der Waals surface area (Å²) in [4.78, 5) is 0. The molecule has 21 heavy (non-hydrogen) atoms. The molecule has 5 nitrogen and oxygen atoms in total. The SMILES string of the molecule is CCNCC1CCCCN1S(=O)(=O)NC(C)CCC(C)C. The van der Waals surface area contributed by atoms with Crippen molar-refractivity contribution in [2.75, 3.05) is 19.6 Å². The molecule has 1 fully saturated rings. The van der Waals surface area contributed by atoms with E-state index < -0.39 is 10.2 Å². The van der Waals surface area contributed by atoms with Gasteiger partial charge in [0.1, 0.15) is 0 Å². The van der Waals surface area contributed by atoms with Crippen LogP contribution >= 0.6 is 0 Å². The fraction of sp³-hybridized carbons (Fsp3) is 1.00. The second-order valence-electron chi connectivity index (χ2n) is 6.56. The molecule has 0 saturated carbocycles. The predicted molar refractivity (Wildman–Crippen MR) is 88.5 cm³/mol. The van der Waals surface area contributed by atoms with Crippen molar-refractivity contribution >= 4 is 10.2 Å². The third-order valence-electron chi connectivity index (χ3n) is 4.04. The van der Waals surface area contributed by atoms with Gasteiger partial charge in [0.25, 0.3) is 10.2 Å². The van der Waals surface area contributed by atoms with Gasteiger partial charge >= 0.3 is 0 Å². The monoisotopic (exact) mass is 319 g/mol. The summed E-state index contributed by atoms with van der Waals surface area (Å²) in [6.07, 6.45) is 4.97. The minimum Gasteiger partial charge on any atom is -0.315 e. The van der Waals surface area contributed by atoms with E-state index in [0.717, 1.165) is 45.2 Å². The van der Waals surface area contributed by atoms with Crippen LogP contribution in [0.25, 0.3) is 0 Å². The number of hydrogen-bond donors (Lipinski definition) is 2. The topological polar surface area (TPSA) is 61.4 Å². The highest BCUT2D eigenvalue weighted by molar-refractivity contribution is 7.87. The summed E-state index contributed by atoms with van der Waals surface area (Å²) in [6, 6.07) is 0.0904. The van der Waals surface area contributed by atoms with Crippen molar-refractivity contribution in [2.24, 2.45) is 5.92 Å². The van der Waals surface area contributed by atoms with Crippen molar-refractivity contribution in [1.29, 1.82) is 0 Å². The molecule has 0 spiro atoms. The van der Waals surface area contributed by atoms with Crippen LogP contribution in [0.2, 0.25) is 0 Å². The molecule has 1 aliphatic heterocycles. The van der Waals surface area contributed by atoms with Crippen molar-refractivity contribution in [3.8, 4) is 0 Å². The summed E-state index contributed by atoms with van der Waals surface area (Å²) in [5.41, 5.74) is 0. The van der Waals surface area contributed by atoms with Crippen LogP contribution in [-0.4, -0.2) is 44.4 Å². The van der Waals surface area contributed by atoms with Gasteiger partial charge in [-0.05, 0) is 45.1 Å². The number of nitrogens with zero attached hydrogens (tertiary/aromatic N) is 1. The fourth-order valence-corrected chi connectivity index (χ4v) is 4.47. The molecule has 0 radical (unpaired) electrons. The Morgan fingerprint density at radius 2 is 1.90 bits per heavy atom. The average molecular weight is 320 g/mol. The highest BCUT2D eigenvalue weighted by Crippen LogP contribution is 2.20. The lowest BCUT2D eigenvalue weighted by molar-refractivity contribution is 0.242. The van der Waals surface area contributed by atoms with E-state index in [-0.39, 0.29) is 12.1 Å². The first kappa shape index (κ1) is 18.9.